The van der Waals surface area contributed by atoms with Crippen LogP contribution in [-0.4, -0.2) is 18.5 Å². The summed E-state index contributed by atoms with van der Waals surface area (Å²) in [6.07, 6.45) is 1.20. The van der Waals surface area contributed by atoms with E-state index in [-0.39, 0.29) is 5.41 Å². The SMILES string of the molecule is CN1CCc2c(I)cc(C(C)(C)C)cc2C1. The Kier molecular flexibility index (Phi) is 3.32. The van der Waals surface area contributed by atoms with Gasteiger partial charge in [-0.1, -0.05) is 26.8 Å². The summed E-state index contributed by atoms with van der Waals surface area (Å²) in [5.74, 6) is 0. The molecule has 2 rings (SSSR count). The van der Waals surface area contributed by atoms with Gasteiger partial charge in [-0.15, -0.1) is 0 Å². The maximum Gasteiger partial charge on any atom is 0.0234 e. The Balaban J connectivity index is 2.48. The highest BCUT2D eigenvalue weighted by Gasteiger charge is 2.20. The van der Waals surface area contributed by atoms with Crippen LogP contribution in [0.5, 0.6) is 0 Å². The molecule has 0 unspecified atom stereocenters. The molecular formula is C14H20IN. The molecule has 0 radical (unpaired) electrons. The molecule has 1 aliphatic rings. The summed E-state index contributed by atoms with van der Waals surface area (Å²) in [6.45, 7) is 9.17. The molecule has 0 bridgehead atoms. The van der Waals surface area contributed by atoms with Crippen LogP contribution in [0, 0.1) is 3.57 Å². The Hall–Kier alpha value is -0.0900. The average molecular weight is 329 g/mol. The van der Waals surface area contributed by atoms with Gasteiger partial charge in [0.25, 0.3) is 0 Å². The molecule has 0 aliphatic carbocycles. The first-order valence-corrected chi connectivity index (χ1v) is 6.96. The fraction of sp³-hybridized carbons (Fsp3) is 0.571. The molecule has 1 aromatic rings. The number of hydrogen-bond donors (Lipinski definition) is 0. The minimum Gasteiger partial charge on any atom is -0.302 e. The molecule has 16 heavy (non-hydrogen) atoms. The Morgan fingerprint density at radius 2 is 1.94 bits per heavy atom. The fourth-order valence-corrected chi connectivity index (χ4v) is 3.17. The molecule has 0 spiro atoms. The summed E-state index contributed by atoms with van der Waals surface area (Å²) in [7, 11) is 2.21. The average Bonchev–Trinajstić information content (AvgIpc) is 2.15. The van der Waals surface area contributed by atoms with Crippen molar-refractivity contribution in [3.05, 3.63) is 32.4 Å². The van der Waals surface area contributed by atoms with Crippen LogP contribution in [0.4, 0.5) is 0 Å². The van der Waals surface area contributed by atoms with Gasteiger partial charge < -0.3 is 4.90 Å². The smallest absolute Gasteiger partial charge is 0.0234 e. The number of halogens is 1. The lowest BCUT2D eigenvalue weighted by Gasteiger charge is -2.29. The number of benzene rings is 1. The zero-order valence-corrected chi connectivity index (χ0v) is 12.8. The summed E-state index contributed by atoms with van der Waals surface area (Å²) >= 11 is 2.50. The van der Waals surface area contributed by atoms with Gasteiger partial charge in [0.05, 0.1) is 0 Å². The molecule has 0 amide bonds. The van der Waals surface area contributed by atoms with Crippen LogP contribution in [0.25, 0.3) is 0 Å². The number of fused-ring (bicyclic) bond motifs is 1. The topological polar surface area (TPSA) is 3.24 Å². The van der Waals surface area contributed by atoms with E-state index in [0.717, 1.165) is 6.54 Å². The van der Waals surface area contributed by atoms with Gasteiger partial charge in [0.1, 0.15) is 0 Å². The predicted molar refractivity (Wildman–Crippen MR) is 77.9 cm³/mol. The van der Waals surface area contributed by atoms with Gasteiger partial charge in [0, 0.05) is 16.7 Å². The first kappa shape index (κ1) is 12.4. The molecule has 0 atom stereocenters. The van der Waals surface area contributed by atoms with E-state index in [1.807, 2.05) is 0 Å². The maximum atomic E-state index is 2.50. The number of nitrogens with zero attached hydrogens (tertiary/aromatic N) is 1. The van der Waals surface area contributed by atoms with E-state index in [0.29, 0.717) is 0 Å². The van der Waals surface area contributed by atoms with Gasteiger partial charge >= 0.3 is 0 Å². The zero-order valence-electron chi connectivity index (χ0n) is 10.6. The molecule has 0 aromatic heterocycles. The van der Waals surface area contributed by atoms with Gasteiger partial charge in [0.2, 0.25) is 0 Å². The van der Waals surface area contributed by atoms with Crippen molar-refractivity contribution in [2.45, 2.75) is 39.2 Å². The summed E-state index contributed by atoms with van der Waals surface area (Å²) in [6, 6.07) is 4.78. The highest BCUT2D eigenvalue weighted by molar-refractivity contribution is 14.1. The van der Waals surface area contributed by atoms with Crippen LogP contribution in [0.1, 0.15) is 37.5 Å². The van der Waals surface area contributed by atoms with Crippen molar-refractivity contribution < 1.29 is 0 Å². The predicted octanol–water partition coefficient (Wildman–Crippen LogP) is 3.58. The number of hydrogen-bond acceptors (Lipinski definition) is 1. The highest BCUT2D eigenvalue weighted by Crippen LogP contribution is 2.30. The summed E-state index contributed by atoms with van der Waals surface area (Å²) < 4.78 is 1.45. The minimum absolute atomic E-state index is 0.255. The molecule has 0 fully saturated rings. The molecule has 2 heteroatoms. The second-order valence-corrected chi connectivity index (χ2v) is 7.00. The van der Waals surface area contributed by atoms with Gasteiger partial charge in [0.15, 0.2) is 0 Å². The Bertz CT molecular complexity index is 404. The molecule has 0 saturated heterocycles. The van der Waals surface area contributed by atoms with Crippen LogP contribution >= 0.6 is 22.6 Å². The largest absolute Gasteiger partial charge is 0.302 e. The third-order valence-corrected chi connectivity index (χ3v) is 4.30. The van der Waals surface area contributed by atoms with Crippen molar-refractivity contribution in [2.24, 2.45) is 0 Å². The Morgan fingerprint density at radius 1 is 1.25 bits per heavy atom. The summed E-state index contributed by atoms with van der Waals surface area (Å²) in [4.78, 5) is 2.41. The quantitative estimate of drug-likeness (QED) is 0.658. The molecule has 1 aromatic carbocycles. The summed E-state index contributed by atoms with van der Waals surface area (Å²) in [5, 5.41) is 0. The van der Waals surface area contributed by atoms with Crippen LogP contribution in [-0.2, 0) is 18.4 Å². The van der Waals surface area contributed by atoms with Crippen LogP contribution in [0.3, 0.4) is 0 Å². The summed E-state index contributed by atoms with van der Waals surface area (Å²) in [5.41, 5.74) is 4.83. The molecule has 0 saturated carbocycles. The highest BCUT2D eigenvalue weighted by atomic mass is 127. The van der Waals surface area contributed by atoms with E-state index >= 15 is 0 Å². The number of likely N-dealkylation sites (N-methyl/N-ethyl adjacent to an activating group) is 1. The lowest BCUT2D eigenvalue weighted by Crippen LogP contribution is -2.28. The van der Waals surface area contributed by atoms with Crippen molar-refractivity contribution in [1.82, 2.24) is 4.90 Å². The van der Waals surface area contributed by atoms with Crippen molar-refractivity contribution >= 4 is 22.6 Å². The van der Waals surface area contributed by atoms with Gasteiger partial charge in [-0.25, -0.2) is 0 Å². The van der Waals surface area contributed by atoms with Crippen molar-refractivity contribution in [3.63, 3.8) is 0 Å². The van der Waals surface area contributed by atoms with E-state index < -0.39 is 0 Å². The van der Waals surface area contributed by atoms with E-state index in [1.165, 1.54) is 27.7 Å². The van der Waals surface area contributed by atoms with Crippen molar-refractivity contribution in [3.8, 4) is 0 Å². The molecule has 1 heterocycles. The monoisotopic (exact) mass is 329 g/mol. The van der Waals surface area contributed by atoms with E-state index in [9.17, 15) is 0 Å². The molecule has 1 aliphatic heterocycles. The maximum absolute atomic E-state index is 2.50. The minimum atomic E-state index is 0.255. The third-order valence-electron chi connectivity index (χ3n) is 3.34. The van der Waals surface area contributed by atoms with Crippen LogP contribution in [0.2, 0.25) is 0 Å². The molecule has 0 N–H and O–H groups in total. The van der Waals surface area contributed by atoms with Gasteiger partial charge in [-0.05, 0) is 64.2 Å². The molecule has 88 valence electrons. The molecule has 1 nitrogen and oxygen atoms in total. The standard InChI is InChI=1S/C14H20IN/c1-14(2,3)11-7-10-9-16(4)6-5-12(10)13(15)8-11/h7-8H,5-6,9H2,1-4H3. The van der Waals surface area contributed by atoms with Gasteiger partial charge in [-0.2, -0.15) is 0 Å². The second-order valence-electron chi connectivity index (χ2n) is 5.83. The van der Waals surface area contributed by atoms with E-state index in [2.05, 4.69) is 67.4 Å². The second kappa shape index (κ2) is 4.30. The Labute approximate surface area is 112 Å². The van der Waals surface area contributed by atoms with Crippen LogP contribution < -0.4 is 0 Å². The lowest BCUT2D eigenvalue weighted by molar-refractivity contribution is 0.312. The first-order valence-electron chi connectivity index (χ1n) is 5.88. The van der Waals surface area contributed by atoms with Crippen LogP contribution in [0.15, 0.2) is 12.1 Å². The third kappa shape index (κ3) is 2.43. The fourth-order valence-electron chi connectivity index (χ4n) is 2.22. The first-order chi connectivity index (χ1) is 7.38. The van der Waals surface area contributed by atoms with E-state index in [1.54, 1.807) is 5.56 Å². The van der Waals surface area contributed by atoms with Crippen molar-refractivity contribution in [2.75, 3.05) is 13.6 Å². The normalized spacial score (nSPS) is 17.3. The Morgan fingerprint density at radius 3 is 2.56 bits per heavy atom. The van der Waals surface area contributed by atoms with Gasteiger partial charge in [-0.3, -0.25) is 0 Å². The van der Waals surface area contributed by atoms with Crippen molar-refractivity contribution in [1.29, 1.82) is 0 Å². The number of rotatable bonds is 0. The zero-order chi connectivity index (χ0) is 11.9. The van der Waals surface area contributed by atoms with E-state index in [4.69, 9.17) is 0 Å². The lowest BCUT2D eigenvalue weighted by atomic mass is 9.84. The molecular weight excluding hydrogens is 309 g/mol.